The van der Waals surface area contributed by atoms with Crippen molar-refractivity contribution in [2.24, 2.45) is 21.8 Å². The minimum absolute atomic E-state index is 0.247. The van der Waals surface area contributed by atoms with Gasteiger partial charge in [0, 0.05) is 17.6 Å². The summed E-state index contributed by atoms with van der Waals surface area (Å²) in [7, 11) is 0. The first-order valence-corrected chi connectivity index (χ1v) is 8.39. The molecule has 0 aromatic rings. The van der Waals surface area contributed by atoms with Crippen LogP contribution in [0.5, 0.6) is 0 Å². The number of rotatable bonds is 1. The smallest absolute Gasteiger partial charge is 0.176 e. The Hall–Kier alpha value is -0.420. The Balaban J connectivity index is 1.54. The lowest BCUT2D eigenvalue weighted by atomic mass is 9.99. The van der Waals surface area contributed by atoms with Crippen molar-refractivity contribution in [3.63, 3.8) is 0 Å². The van der Waals surface area contributed by atoms with Crippen molar-refractivity contribution in [1.82, 2.24) is 10.9 Å². The van der Waals surface area contributed by atoms with Gasteiger partial charge in [0.2, 0.25) is 0 Å². The van der Waals surface area contributed by atoms with E-state index < -0.39 is 0 Å². The third kappa shape index (κ3) is 2.59. The van der Waals surface area contributed by atoms with E-state index in [2.05, 4.69) is 41.6 Å². The van der Waals surface area contributed by atoms with Crippen molar-refractivity contribution >= 4 is 34.4 Å². The van der Waals surface area contributed by atoms with Crippen LogP contribution in [0.15, 0.2) is 9.98 Å². The van der Waals surface area contributed by atoms with Crippen LogP contribution in [-0.4, -0.2) is 33.7 Å². The van der Waals surface area contributed by atoms with E-state index in [1.807, 2.05) is 11.8 Å². The number of alkyl halides is 1. The van der Waals surface area contributed by atoms with Crippen molar-refractivity contribution in [3.8, 4) is 0 Å². The topological polar surface area (TPSA) is 48.8 Å². The molecule has 1 saturated carbocycles. The zero-order valence-corrected chi connectivity index (χ0v) is 13.1. The predicted octanol–water partition coefficient (Wildman–Crippen LogP) is 2.39. The SMILES string of the molecule is CC[C@H]1SC(NNC2=N[C@@H]3C(Cl)[C@@H]3[C@@H](C)C2)=N[C@@H]1C. The van der Waals surface area contributed by atoms with Crippen LogP contribution in [0.1, 0.15) is 33.6 Å². The molecule has 0 aromatic carbocycles. The van der Waals surface area contributed by atoms with Gasteiger partial charge in [-0.05, 0) is 19.3 Å². The number of aliphatic imine (C=N–C) groups is 2. The molecule has 0 aromatic heterocycles. The van der Waals surface area contributed by atoms with E-state index in [0.29, 0.717) is 29.2 Å². The summed E-state index contributed by atoms with van der Waals surface area (Å²) in [6, 6.07) is 0.724. The number of fused-ring (bicyclic) bond motifs is 1. The maximum Gasteiger partial charge on any atom is 0.176 e. The zero-order valence-electron chi connectivity index (χ0n) is 11.6. The summed E-state index contributed by atoms with van der Waals surface area (Å²) >= 11 is 8.03. The van der Waals surface area contributed by atoms with Crippen molar-refractivity contribution in [3.05, 3.63) is 0 Å². The Morgan fingerprint density at radius 1 is 1.32 bits per heavy atom. The molecule has 106 valence electrons. The summed E-state index contributed by atoms with van der Waals surface area (Å²) in [5, 5.41) is 1.82. The maximum atomic E-state index is 6.22. The third-order valence-corrected chi connectivity index (χ3v) is 6.27. The fraction of sp³-hybridized carbons (Fsp3) is 0.846. The van der Waals surface area contributed by atoms with Gasteiger partial charge < -0.3 is 0 Å². The highest BCUT2D eigenvalue weighted by atomic mass is 35.5. The van der Waals surface area contributed by atoms with Crippen LogP contribution in [0, 0.1) is 11.8 Å². The lowest BCUT2D eigenvalue weighted by Crippen LogP contribution is -2.42. The molecule has 4 nitrogen and oxygen atoms in total. The average Bonchev–Trinajstić information content (AvgIpc) is 2.89. The molecule has 19 heavy (non-hydrogen) atoms. The Kier molecular flexibility index (Phi) is 3.69. The van der Waals surface area contributed by atoms with Gasteiger partial charge in [0.1, 0.15) is 5.84 Å². The Morgan fingerprint density at radius 3 is 2.74 bits per heavy atom. The van der Waals surface area contributed by atoms with Gasteiger partial charge in [-0.3, -0.25) is 20.8 Å². The Bertz CT molecular complexity index is 425. The molecule has 1 unspecified atom stereocenters. The number of hydrogen-bond acceptors (Lipinski definition) is 5. The molecule has 0 amide bonds. The van der Waals surface area contributed by atoms with Gasteiger partial charge in [0.05, 0.1) is 17.5 Å². The zero-order chi connectivity index (χ0) is 13.6. The molecule has 3 aliphatic rings. The number of nitrogens with zero attached hydrogens (tertiary/aromatic N) is 2. The average molecular weight is 301 g/mol. The van der Waals surface area contributed by atoms with Crippen LogP contribution in [0.2, 0.25) is 0 Å². The number of nitrogens with one attached hydrogen (secondary N) is 2. The fourth-order valence-electron chi connectivity index (χ4n) is 3.00. The van der Waals surface area contributed by atoms with Gasteiger partial charge in [0.15, 0.2) is 5.17 Å². The number of halogens is 1. The van der Waals surface area contributed by atoms with E-state index in [0.717, 1.165) is 23.8 Å². The molecule has 2 N–H and O–H groups in total. The Morgan fingerprint density at radius 2 is 2.11 bits per heavy atom. The quantitative estimate of drug-likeness (QED) is 0.577. The molecule has 0 spiro atoms. The van der Waals surface area contributed by atoms with Crippen molar-refractivity contribution in [2.75, 3.05) is 0 Å². The number of amidine groups is 2. The lowest BCUT2D eigenvalue weighted by Gasteiger charge is -2.19. The number of hydrazine groups is 1. The van der Waals surface area contributed by atoms with Gasteiger partial charge >= 0.3 is 0 Å². The minimum Gasteiger partial charge on any atom is -0.286 e. The van der Waals surface area contributed by atoms with Crippen molar-refractivity contribution in [1.29, 1.82) is 0 Å². The first-order chi connectivity index (χ1) is 9.10. The summed E-state index contributed by atoms with van der Waals surface area (Å²) in [5.41, 5.74) is 6.44. The first kappa shape index (κ1) is 13.6. The van der Waals surface area contributed by atoms with Crippen LogP contribution in [0.25, 0.3) is 0 Å². The van der Waals surface area contributed by atoms with E-state index in [-0.39, 0.29) is 5.38 Å². The highest BCUT2D eigenvalue weighted by molar-refractivity contribution is 8.14. The van der Waals surface area contributed by atoms with Crippen molar-refractivity contribution in [2.45, 2.75) is 56.3 Å². The maximum absolute atomic E-state index is 6.22. The van der Waals surface area contributed by atoms with Gasteiger partial charge in [-0.15, -0.1) is 11.6 Å². The molecule has 6 heteroatoms. The highest BCUT2D eigenvalue weighted by Crippen LogP contribution is 2.48. The van der Waals surface area contributed by atoms with E-state index in [1.54, 1.807) is 0 Å². The second-order valence-corrected chi connectivity index (χ2v) is 7.49. The van der Waals surface area contributed by atoms with Crippen LogP contribution in [0.4, 0.5) is 0 Å². The number of hydrogen-bond donors (Lipinski definition) is 2. The Labute approximate surface area is 123 Å². The van der Waals surface area contributed by atoms with E-state index >= 15 is 0 Å². The van der Waals surface area contributed by atoms with Gasteiger partial charge in [-0.2, -0.15) is 0 Å². The minimum atomic E-state index is 0.247. The van der Waals surface area contributed by atoms with Crippen LogP contribution in [-0.2, 0) is 0 Å². The van der Waals surface area contributed by atoms with E-state index in [4.69, 9.17) is 11.6 Å². The standard InChI is InChI=1S/C13H21ClN4S/c1-4-8-7(3)15-13(19-8)18-17-9-5-6(2)10-11(14)12(10)16-9/h6-8,10-12H,4-5H2,1-3H3,(H,15,18)(H,16,17)/t6-,7+,8+,10-,11?,12-/m0/s1. The second-order valence-electron chi connectivity index (χ2n) is 5.76. The first-order valence-electron chi connectivity index (χ1n) is 7.07. The second kappa shape index (κ2) is 5.17. The fourth-order valence-corrected chi connectivity index (χ4v) is 4.58. The summed E-state index contributed by atoms with van der Waals surface area (Å²) in [4.78, 5) is 9.27. The molecule has 6 atom stereocenters. The highest BCUT2D eigenvalue weighted by Gasteiger charge is 2.54. The lowest BCUT2D eigenvalue weighted by molar-refractivity contribution is 0.491. The summed E-state index contributed by atoms with van der Waals surface area (Å²) in [6.45, 7) is 6.64. The number of thioether (sulfide) groups is 1. The summed E-state index contributed by atoms with van der Waals surface area (Å²) in [6.07, 6.45) is 2.12. The summed E-state index contributed by atoms with van der Waals surface area (Å²) < 4.78 is 0. The van der Waals surface area contributed by atoms with E-state index in [9.17, 15) is 0 Å². The molecule has 2 heterocycles. The molecule has 1 fully saturated rings. The van der Waals surface area contributed by atoms with Crippen molar-refractivity contribution < 1.29 is 0 Å². The molecule has 0 radical (unpaired) electrons. The van der Waals surface area contributed by atoms with Crippen LogP contribution < -0.4 is 10.9 Å². The van der Waals surface area contributed by atoms with E-state index in [1.165, 1.54) is 0 Å². The molecule has 0 saturated heterocycles. The molecule has 2 aliphatic heterocycles. The normalized spacial score (nSPS) is 44.2. The van der Waals surface area contributed by atoms with Gasteiger partial charge in [0.25, 0.3) is 0 Å². The van der Waals surface area contributed by atoms with Gasteiger partial charge in [-0.1, -0.05) is 25.6 Å². The molecule has 1 aliphatic carbocycles. The molecular weight excluding hydrogens is 280 g/mol. The van der Waals surface area contributed by atoms with Gasteiger partial charge in [-0.25, -0.2) is 0 Å². The predicted molar refractivity (Wildman–Crippen MR) is 83.0 cm³/mol. The third-order valence-electron chi connectivity index (χ3n) is 4.26. The molecular formula is C13H21ClN4S. The monoisotopic (exact) mass is 300 g/mol. The van der Waals surface area contributed by atoms with Crippen LogP contribution >= 0.6 is 23.4 Å². The largest absolute Gasteiger partial charge is 0.286 e. The molecule has 3 rings (SSSR count). The molecule has 0 bridgehead atoms. The summed E-state index contributed by atoms with van der Waals surface area (Å²) in [5.74, 6) is 2.23. The van der Waals surface area contributed by atoms with Crippen LogP contribution in [0.3, 0.4) is 0 Å².